The number of hydrogen-bond donors (Lipinski definition) is 0. The van der Waals surface area contributed by atoms with Crippen molar-refractivity contribution >= 4 is 21.9 Å². The van der Waals surface area contributed by atoms with Crippen LogP contribution < -0.4 is 4.74 Å². The van der Waals surface area contributed by atoms with Gasteiger partial charge in [0, 0.05) is 16.5 Å². The highest BCUT2D eigenvalue weighted by molar-refractivity contribution is 6.05. The molecule has 0 unspecified atom stereocenters. The smallest absolute Gasteiger partial charge is 0.145 e. The summed E-state index contributed by atoms with van der Waals surface area (Å²) in [5.41, 5.74) is 2.74. The van der Waals surface area contributed by atoms with Crippen molar-refractivity contribution in [2.75, 3.05) is 20.2 Å². The third-order valence-corrected chi connectivity index (χ3v) is 4.19. The maximum atomic E-state index is 6.16. The van der Waals surface area contributed by atoms with Crippen molar-refractivity contribution < 1.29 is 9.15 Å². The van der Waals surface area contributed by atoms with Gasteiger partial charge in [0.05, 0.1) is 13.7 Å². The van der Waals surface area contributed by atoms with E-state index in [4.69, 9.17) is 14.1 Å². The van der Waals surface area contributed by atoms with E-state index < -0.39 is 0 Å². The van der Waals surface area contributed by atoms with Crippen LogP contribution in [-0.2, 0) is 6.54 Å². The average Bonchev–Trinajstić information content (AvgIpc) is 2.97. The topological polar surface area (TPSA) is 38.5 Å². The second kappa shape index (κ2) is 5.97. The fourth-order valence-corrected chi connectivity index (χ4v) is 2.87. The highest BCUT2D eigenvalue weighted by Crippen LogP contribution is 2.33. The van der Waals surface area contributed by atoms with Crippen LogP contribution in [0.4, 0.5) is 0 Å². The SMILES string of the molecule is CCN(CC)Cc1cc2c(C)nc3c(OC)cccc3c2o1. The summed E-state index contributed by atoms with van der Waals surface area (Å²) in [5.74, 6) is 1.77. The number of hydrogen-bond acceptors (Lipinski definition) is 4. The molecule has 3 rings (SSSR count). The molecule has 0 saturated heterocycles. The largest absolute Gasteiger partial charge is 0.494 e. The number of fused-ring (bicyclic) bond motifs is 3. The predicted octanol–water partition coefficient (Wildman–Crippen LogP) is 4.14. The van der Waals surface area contributed by atoms with E-state index in [9.17, 15) is 0 Å². The van der Waals surface area contributed by atoms with Gasteiger partial charge in [-0.2, -0.15) is 0 Å². The molecule has 0 fully saturated rings. The summed E-state index contributed by atoms with van der Waals surface area (Å²) in [7, 11) is 1.67. The highest BCUT2D eigenvalue weighted by atomic mass is 16.5. The van der Waals surface area contributed by atoms with E-state index in [2.05, 4.69) is 24.8 Å². The summed E-state index contributed by atoms with van der Waals surface area (Å²) in [6.07, 6.45) is 0. The van der Waals surface area contributed by atoms with Crippen LogP contribution in [0.15, 0.2) is 28.7 Å². The summed E-state index contributed by atoms with van der Waals surface area (Å²) < 4.78 is 11.6. The molecule has 0 aliphatic rings. The number of para-hydroxylation sites is 1. The Kier molecular flexibility index (Phi) is 4.03. The van der Waals surface area contributed by atoms with Gasteiger partial charge in [-0.05, 0) is 38.2 Å². The molecule has 0 aliphatic carbocycles. The van der Waals surface area contributed by atoms with Crippen LogP contribution in [0.3, 0.4) is 0 Å². The zero-order valence-electron chi connectivity index (χ0n) is 13.6. The van der Waals surface area contributed by atoms with Gasteiger partial charge in [-0.15, -0.1) is 0 Å². The predicted molar refractivity (Wildman–Crippen MR) is 89.4 cm³/mol. The summed E-state index contributed by atoms with van der Waals surface area (Å²) in [6.45, 7) is 9.20. The molecule has 116 valence electrons. The zero-order valence-corrected chi connectivity index (χ0v) is 13.6. The molecule has 22 heavy (non-hydrogen) atoms. The van der Waals surface area contributed by atoms with Crippen LogP contribution in [-0.4, -0.2) is 30.1 Å². The highest BCUT2D eigenvalue weighted by Gasteiger charge is 2.15. The van der Waals surface area contributed by atoms with Gasteiger partial charge in [0.25, 0.3) is 0 Å². The summed E-state index contributed by atoms with van der Waals surface area (Å²) in [6, 6.07) is 8.07. The Balaban J connectivity index is 2.18. The van der Waals surface area contributed by atoms with Gasteiger partial charge in [0.1, 0.15) is 22.6 Å². The lowest BCUT2D eigenvalue weighted by atomic mass is 10.1. The maximum absolute atomic E-state index is 6.16. The first-order valence-corrected chi connectivity index (χ1v) is 7.76. The minimum Gasteiger partial charge on any atom is -0.494 e. The maximum Gasteiger partial charge on any atom is 0.145 e. The van der Waals surface area contributed by atoms with Crippen LogP contribution in [0.25, 0.3) is 21.9 Å². The van der Waals surface area contributed by atoms with Crippen LogP contribution in [0.1, 0.15) is 25.3 Å². The molecule has 0 aliphatic heterocycles. The van der Waals surface area contributed by atoms with E-state index in [1.807, 2.05) is 25.1 Å². The van der Waals surface area contributed by atoms with E-state index in [0.717, 1.165) is 58.7 Å². The first-order valence-electron chi connectivity index (χ1n) is 7.76. The lowest BCUT2D eigenvalue weighted by molar-refractivity contribution is 0.272. The number of aryl methyl sites for hydroxylation is 1. The minimum absolute atomic E-state index is 0.782. The van der Waals surface area contributed by atoms with Crippen molar-refractivity contribution in [1.82, 2.24) is 9.88 Å². The Morgan fingerprint density at radius 3 is 2.64 bits per heavy atom. The van der Waals surface area contributed by atoms with Crippen molar-refractivity contribution in [3.05, 3.63) is 35.7 Å². The van der Waals surface area contributed by atoms with E-state index in [1.54, 1.807) is 7.11 Å². The van der Waals surface area contributed by atoms with Gasteiger partial charge in [0.2, 0.25) is 0 Å². The van der Waals surface area contributed by atoms with Crippen LogP contribution in [0.2, 0.25) is 0 Å². The molecule has 2 aromatic heterocycles. The van der Waals surface area contributed by atoms with Gasteiger partial charge in [0.15, 0.2) is 0 Å². The van der Waals surface area contributed by atoms with Gasteiger partial charge in [-0.3, -0.25) is 4.90 Å². The molecule has 0 saturated carbocycles. The number of furan rings is 1. The summed E-state index contributed by atoms with van der Waals surface area (Å²) in [5, 5.41) is 2.09. The monoisotopic (exact) mass is 298 g/mol. The molecule has 0 atom stereocenters. The van der Waals surface area contributed by atoms with E-state index in [0.29, 0.717) is 0 Å². The lowest BCUT2D eigenvalue weighted by Gasteiger charge is -2.15. The van der Waals surface area contributed by atoms with Crippen molar-refractivity contribution in [2.24, 2.45) is 0 Å². The van der Waals surface area contributed by atoms with Crippen LogP contribution >= 0.6 is 0 Å². The number of nitrogens with zero attached hydrogens (tertiary/aromatic N) is 2. The molecule has 2 heterocycles. The Bertz CT molecular complexity index is 804. The molecule has 3 aromatic rings. The molecule has 0 N–H and O–H groups in total. The lowest BCUT2D eigenvalue weighted by Crippen LogP contribution is -2.21. The molecule has 0 bridgehead atoms. The van der Waals surface area contributed by atoms with Gasteiger partial charge in [-0.25, -0.2) is 4.98 Å². The van der Waals surface area contributed by atoms with Crippen molar-refractivity contribution in [1.29, 1.82) is 0 Å². The standard InChI is InChI=1S/C18H22N2O2/c1-5-20(6-2)11-13-10-15-12(3)19-17-14(18(15)22-13)8-7-9-16(17)21-4/h7-10H,5-6,11H2,1-4H3. The number of benzene rings is 1. The fraction of sp³-hybridized carbons (Fsp3) is 0.389. The molecule has 0 amide bonds. The molecule has 0 radical (unpaired) electrons. The Labute approximate surface area is 130 Å². The molecule has 4 heteroatoms. The van der Waals surface area contributed by atoms with Crippen LogP contribution in [0, 0.1) is 6.92 Å². The third-order valence-electron chi connectivity index (χ3n) is 4.19. The van der Waals surface area contributed by atoms with Gasteiger partial charge < -0.3 is 9.15 Å². The minimum atomic E-state index is 0.782. The first kappa shape index (κ1) is 14.9. The van der Waals surface area contributed by atoms with E-state index in [1.165, 1.54) is 0 Å². The Morgan fingerprint density at radius 1 is 1.18 bits per heavy atom. The molecule has 0 spiro atoms. The number of aromatic nitrogens is 1. The zero-order chi connectivity index (χ0) is 15.7. The van der Waals surface area contributed by atoms with E-state index >= 15 is 0 Å². The van der Waals surface area contributed by atoms with Gasteiger partial charge in [-0.1, -0.05) is 19.9 Å². The molecule has 4 nitrogen and oxygen atoms in total. The number of pyridine rings is 1. The number of ether oxygens (including phenoxy) is 1. The summed E-state index contributed by atoms with van der Waals surface area (Å²) >= 11 is 0. The molecular formula is C18H22N2O2. The average molecular weight is 298 g/mol. The third kappa shape index (κ3) is 2.44. The Morgan fingerprint density at radius 2 is 1.95 bits per heavy atom. The normalized spacial score (nSPS) is 11.7. The number of methoxy groups -OCH3 is 1. The summed E-state index contributed by atoms with van der Waals surface area (Å²) in [4.78, 5) is 7.05. The van der Waals surface area contributed by atoms with E-state index in [-0.39, 0.29) is 0 Å². The van der Waals surface area contributed by atoms with Crippen LogP contribution in [0.5, 0.6) is 5.75 Å². The molecular weight excluding hydrogens is 276 g/mol. The second-order valence-electron chi connectivity index (χ2n) is 5.47. The Hall–Kier alpha value is -2.07. The van der Waals surface area contributed by atoms with Crippen molar-refractivity contribution in [3.8, 4) is 5.75 Å². The fourth-order valence-electron chi connectivity index (χ4n) is 2.87. The van der Waals surface area contributed by atoms with Crippen molar-refractivity contribution in [3.63, 3.8) is 0 Å². The first-order chi connectivity index (χ1) is 10.7. The molecule has 1 aromatic carbocycles. The van der Waals surface area contributed by atoms with Gasteiger partial charge >= 0.3 is 0 Å². The number of rotatable bonds is 5. The second-order valence-corrected chi connectivity index (χ2v) is 5.47. The quantitative estimate of drug-likeness (QED) is 0.709. The van der Waals surface area contributed by atoms with Crippen molar-refractivity contribution in [2.45, 2.75) is 27.3 Å².